The number of allylic oxidation sites excluding steroid dienone is 3. The largest absolute Gasteiger partial charge is 0.500 e. The first kappa shape index (κ1) is 14.3. The lowest BCUT2D eigenvalue weighted by atomic mass is 9.75. The summed E-state index contributed by atoms with van der Waals surface area (Å²) < 4.78 is 10.4. The van der Waals surface area contributed by atoms with Crippen LogP contribution >= 0.6 is 0 Å². The molecule has 0 aromatic carbocycles. The minimum atomic E-state index is -0.334. The average molecular weight is 274 g/mol. The third-order valence-electron chi connectivity index (χ3n) is 3.27. The summed E-state index contributed by atoms with van der Waals surface area (Å²) in [6.07, 6.45) is 5.37. The van der Waals surface area contributed by atoms with Crippen molar-refractivity contribution in [2.24, 2.45) is 5.41 Å². The number of carbonyl (C=O) groups excluding carboxylic acids is 2. The van der Waals surface area contributed by atoms with E-state index in [9.17, 15) is 9.59 Å². The predicted molar refractivity (Wildman–Crippen MR) is 74.8 cm³/mol. The molecule has 1 aromatic rings. The second-order valence-electron chi connectivity index (χ2n) is 5.66. The third-order valence-corrected chi connectivity index (χ3v) is 3.27. The molecule has 1 aromatic heterocycles. The van der Waals surface area contributed by atoms with E-state index in [2.05, 4.69) is 0 Å². The van der Waals surface area contributed by atoms with Crippen LogP contribution in [-0.2, 0) is 14.3 Å². The van der Waals surface area contributed by atoms with Crippen LogP contribution < -0.4 is 0 Å². The van der Waals surface area contributed by atoms with Gasteiger partial charge in [-0.05, 0) is 29.7 Å². The lowest BCUT2D eigenvalue weighted by Crippen LogP contribution is -2.29. The van der Waals surface area contributed by atoms with Crippen molar-refractivity contribution in [2.45, 2.75) is 26.7 Å². The number of carbonyl (C=O) groups is 2. The van der Waals surface area contributed by atoms with Crippen LogP contribution in [0, 0.1) is 5.41 Å². The van der Waals surface area contributed by atoms with Gasteiger partial charge in [0.15, 0.2) is 11.6 Å². The number of hydrogen-bond acceptors (Lipinski definition) is 4. The van der Waals surface area contributed by atoms with Crippen LogP contribution in [0.15, 0.2) is 40.2 Å². The molecule has 1 aliphatic rings. The summed E-state index contributed by atoms with van der Waals surface area (Å²) in [4.78, 5) is 24.4. The zero-order valence-electron chi connectivity index (χ0n) is 11.9. The van der Waals surface area contributed by atoms with Gasteiger partial charge in [-0.25, -0.2) is 0 Å². The molecule has 106 valence electrons. The molecular formula is C16H18O4. The molecule has 20 heavy (non-hydrogen) atoms. The highest BCUT2D eigenvalue weighted by Gasteiger charge is 2.35. The molecule has 0 atom stereocenters. The number of ether oxygens (including phenoxy) is 1. The maximum Gasteiger partial charge on any atom is 0.192 e. The Kier molecular flexibility index (Phi) is 3.93. The van der Waals surface area contributed by atoms with E-state index < -0.39 is 0 Å². The van der Waals surface area contributed by atoms with Crippen molar-refractivity contribution in [3.63, 3.8) is 0 Å². The van der Waals surface area contributed by atoms with Crippen LogP contribution in [0.1, 0.15) is 32.4 Å². The number of furan rings is 1. The van der Waals surface area contributed by atoms with Crippen LogP contribution in [0.25, 0.3) is 6.08 Å². The molecule has 0 radical (unpaired) electrons. The molecule has 0 fully saturated rings. The lowest BCUT2D eigenvalue weighted by molar-refractivity contribution is -0.122. The molecule has 0 aliphatic heterocycles. The van der Waals surface area contributed by atoms with E-state index in [1.165, 1.54) is 19.4 Å². The van der Waals surface area contributed by atoms with E-state index in [0.29, 0.717) is 24.4 Å². The van der Waals surface area contributed by atoms with Crippen LogP contribution in [-0.4, -0.2) is 18.7 Å². The van der Waals surface area contributed by atoms with Gasteiger partial charge in [0.2, 0.25) is 0 Å². The van der Waals surface area contributed by atoms with Crippen molar-refractivity contribution < 1.29 is 18.7 Å². The van der Waals surface area contributed by atoms with Gasteiger partial charge < -0.3 is 9.15 Å². The predicted octanol–water partition coefficient (Wildman–Crippen LogP) is 3.15. The average Bonchev–Trinajstić information content (AvgIpc) is 2.86. The van der Waals surface area contributed by atoms with Crippen molar-refractivity contribution in [1.29, 1.82) is 0 Å². The van der Waals surface area contributed by atoms with Gasteiger partial charge in [0, 0.05) is 12.8 Å². The zero-order chi connectivity index (χ0) is 14.8. The summed E-state index contributed by atoms with van der Waals surface area (Å²) in [5.74, 6) is 0.549. The molecule has 4 nitrogen and oxygen atoms in total. The Balaban J connectivity index is 2.27. The standard InChI is InChI=1S/C16H18O4/c1-16(2)9-13(18)15(14(10-16)19-3)12(17)7-6-11-5-4-8-20-11/h4-8H,9-10H2,1-3H3. The number of methoxy groups -OCH3 is 1. The summed E-state index contributed by atoms with van der Waals surface area (Å²) in [5.41, 5.74) is -0.00801. The molecular weight excluding hydrogens is 256 g/mol. The fraction of sp³-hybridized carbons (Fsp3) is 0.375. The Labute approximate surface area is 118 Å². The first-order valence-corrected chi connectivity index (χ1v) is 6.49. The minimum absolute atomic E-state index is 0.160. The van der Waals surface area contributed by atoms with Crippen LogP contribution in [0.4, 0.5) is 0 Å². The zero-order valence-corrected chi connectivity index (χ0v) is 11.9. The van der Waals surface area contributed by atoms with E-state index in [-0.39, 0.29) is 22.6 Å². The maximum absolute atomic E-state index is 12.2. The number of ketones is 2. The highest BCUT2D eigenvalue weighted by molar-refractivity contribution is 6.25. The van der Waals surface area contributed by atoms with E-state index in [1.807, 2.05) is 13.8 Å². The van der Waals surface area contributed by atoms with Gasteiger partial charge in [-0.1, -0.05) is 13.8 Å². The highest BCUT2D eigenvalue weighted by Crippen LogP contribution is 2.37. The molecule has 2 rings (SSSR count). The van der Waals surface area contributed by atoms with Gasteiger partial charge in [-0.3, -0.25) is 9.59 Å². The molecule has 0 saturated heterocycles. The quantitative estimate of drug-likeness (QED) is 0.625. The first-order valence-electron chi connectivity index (χ1n) is 6.49. The number of hydrogen-bond donors (Lipinski definition) is 0. The van der Waals surface area contributed by atoms with E-state index in [0.717, 1.165) is 0 Å². The molecule has 0 unspecified atom stereocenters. The Morgan fingerprint density at radius 3 is 2.75 bits per heavy atom. The summed E-state index contributed by atoms with van der Waals surface area (Å²) >= 11 is 0. The molecule has 0 bridgehead atoms. The van der Waals surface area contributed by atoms with Crippen LogP contribution in [0.2, 0.25) is 0 Å². The van der Waals surface area contributed by atoms with Crippen molar-refractivity contribution in [1.82, 2.24) is 0 Å². The smallest absolute Gasteiger partial charge is 0.192 e. The Bertz CT molecular complexity index is 574. The van der Waals surface area contributed by atoms with E-state index in [4.69, 9.17) is 9.15 Å². The van der Waals surface area contributed by atoms with Crippen LogP contribution in [0.3, 0.4) is 0 Å². The number of Topliss-reactive ketones (excluding diaryl/α,β-unsaturated/α-hetero) is 1. The van der Waals surface area contributed by atoms with Crippen molar-refractivity contribution in [3.05, 3.63) is 41.6 Å². The van der Waals surface area contributed by atoms with Gasteiger partial charge in [0.05, 0.1) is 13.4 Å². The summed E-state index contributed by atoms with van der Waals surface area (Å²) in [6.45, 7) is 3.98. The van der Waals surface area contributed by atoms with Gasteiger partial charge in [0.1, 0.15) is 17.1 Å². The van der Waals surface area contributed by atoms with E-state index in [1.54, 1.807) is 18.2 Å². The Hall–Kier alpha value is -2.10. The topological polar surface area (TPSA) is 56.5 Å². The van der Waals surface area contributed by atoms with Crippen molar-refractivity contribution in [3.8, 4) is 0 Å². The molecule has 0 amide bonds. The van der Waals surface area contributed by atoms with Crippen LogP contribution in [0.5, 0.6) is 0 Å². The van der Waals surface area contributed by atoms with Crippen molar-refractivity contribution >= 4 is 17.6 Å². The van der Waals surface area contributed by atoms with Gasteiger partial charge in [-0.15, -0.1) is 0 Å². The molecule has 0 saturated carbocycles. The molecule has 4 heteroatoms. The maximum atomic E-state index is 12.2. The fourth-order valence-electron chi connectivity index (χ4n) is 2.34. The SMILES string of the molecule is COC1=C(C(=O)C=Cc2ccco2)C(=O)CC(C)(C)C1. The molecule has 0 N–H and O–H groups in total. The summed E-state index contributed by atoms with van der Waals surface area (Å²) in [7, 11) is 1.49. The normalized spacial score (nSPS) is 18.6. The number of rotatable bonds is 4. The molecule has 1 aliphatic carbocycles. The van der Waals surface area contributed by atoms with Crippen molar-refractivity contribution in [2.75, 3.05) is 7.11 Å². The first-order chi connectivity index (χ1) is 9.43. The monoisotopic (exact) mass is 274 g/mol. The molecule has 0 spiro atoms. The second-order valence-corrected chi connectivity index (χ2v) is 5.66. The second kappa shape index (κ2) is 5.49. The lowest BCUT2D eigenvalue weighted by Gasteiger charge is -2.30. The Morgan fingerprint density at radius 2 is 2.15 bits per heavy atom. The minimum Gasteiger partial charge on any atom is -0.500 e. The van der Waals surface area contributed by atoms with Gasteiger partial charge in [0.25, 0.3) is 0 Å². The molecule has 1 heterocycles. The Morgan fingerprint density at radius 1 is 1.40 bits per heavy atom. The van der Waals surface area contributed by atoms with Gasteiger partial charge >= 0.3 is 0 Å². The van der Waals surface area contributed by atoms with Gasteiger partial charge in [-0.2, -0.15) is 0 Å². The highest BCUT2D eigenvalue weighted by atomic mass is 16.5. The summed E-state index contributed by atoms with van der Waals surface area (Å²) in [5, 5.41) is 0. The third kappa shape index (κ3) is 3.07. The fourth-order valence-corrected chi connectivity index (χ4v) is 2.34. The summed E-state index contributed by atoms with van der Waals surface area (Å²) in [6, 6.07) is 3.47. The van der Waals surface area contributed by atoms with E-state index >= 15 is 0 Å².